The molecule has 1 saturated heterocycles. The molecule has 6 nitrogen and oxygen atoms in total. The molecule has 1 saturated carbocycles. The van der Waals surface area contributed by atoms with Crippen molar-refractivity contribution in [2.45, 2.75) is 38.1 Å². The number of halogens is 1. The van der Waals surface area contributed by atoms with E-state index in [1.54, 1.807) is 24.3 Å². The summed E-state index contributed by atoms with van der Waals surface area (Å²) in [6.45, 7) is 3.48. The normalized spacial score (nSPS) is 17.7. The molecule has 2 aromatic carbocycles. The van der Waals surface area contributed by atoms with Crippen LogP contribution in [-0.4, -0.2) is 55.5 Å². The van der Waals surface area contributed by atoms with Crippen molar-refractivity contribution in [3.05, 3.63) is 59.9 Å². The number of hydrogen-bond donors (Lipinski definition) is 2. The Hall–Kier alpha value is -2.93. The van der Waals surface area contributed by atoms with E-state index in [-0.39, 0.29) is 30.2 Å². The fourth-order valence-corrected chi connectivity index (χ4v) is 4.56. The summed E-state index contributed by atoms with van der Waals surface area (Å²) in [6.07, 6.45) is 5.26. The van der Waals surface area contributed by atoms with Crippen LogP contribution in [0.2, 0.25) is 0 Å². The minimum absolute atomic E-state index is 0.124. The van der Waals surface area contributed by atoms with Crippen molar-refractivity contribution in [1.82, 2.24) is 10.2 Å². The van der Waals surface area contributed by atoms with Gasteiger partial charge in [-0.1, -0.05) is 25.0 Å². The molecule has 2 aliphatic rings. The van der Waals surface area contributed by atoms with E-state index in [4.69, 9.17) is 0 Å². The van der Waals surface area contributed by atoms with Gasteiger partial charge in [0.1, 0.15) is 5.82 Å². The zero-order chi connectivity index (χ0) is 22.3. The molecular weight excluding hydrogens is 407 g/mol. The fraction of sp³-hybridized carbons (Fsp3) is 0.440. The highest BCUT2D eigenvalue weighted by atomic mass is 19.1. The SMILES string of the molecule is O=C(CN1CCCN(c2ccc(F)cc2)CC1)Nc1ccccc1C(=O)NC1CCCC1. The largest absolute Gasteiger partial charge is 0.370 e. The summed E-state index contributed by atoms with van der Waals surface area (Å²) in [7, 11) is 0. The van der Waals surface area contributed by atoms with Gasteiger partial charge in [0.2, 0.25) is 5.91 Å². The molecule has 7 heteroatoms. The van der Waals surface area contributed by atoms with Gasteiger partial charge in [0, 0.05) is 37.9 Å². The summed E-state index contributed by atoms with van der Waals surface area (Å²) >= 11 is 0. The molecule has 2 N–H and O–H groups in total. The molecule has 0 aromatic heterocycles. The van der Waals surface area contributed by atoms with Crippen molar-refractivity contribution in [3.8, 4) is 0 Å². The molecular formula is C25H31FN4O2. The van der Waals surface area contributed by atoms with Crippen molar-refractivity contribution in [2.75, 3.05) is 42.9 Å². The number of para-hydroxylation sites is 1. The van der Waals surface area contributed by atoms with Gasteiger partial charge in [0.25, 0.3) is 5.91 Å². The Balaban J connectivity index is 1.32. The van der Waals surface area contributed by atoms with Crippen molar-refractivity contribution < 1.29 is 14.0 Å². The van der Waals surface area contributed by atoms with Gasteiger partial charge in [0.05, 0.1) is 17.8 Å². The standard InChI is InChI=1S/C25H31FN4O2/c26-19-10-12-21(13-11-19)30-15-5-14-29(16-17-30)18-24(31)28-23-9-4-3-8-22(23)25(32)27-20-6-1-2-7-20/h3-4,8-13,20H,1-2,5-7,14-18H2,(H,27,32)(H,28,31). The average molecular weight is 439 g/mol. The Morgan fingerprint density at radius 2 is 1.66 bits per heavy atom. The minimum Gasteiger partial charge on any atom is -0.370 e. The van der Waals surface area contributed by atoms with Crippen LogP contribution in [0.3, 0.4) is 0 Å². The van der Waals surface area contributed by atoms with E-state index in [2.05, 4.69) is 20.4 Å². The van der Waals surface area contributed by atoms with Crippen LogP contribution in [0.25, 0.3) is 0 Å². The van der Waals surface area contributed by atoms with E-state index >= 15 is 0 Å². The molecule has 0 spiro atoms. The number of benzene rings is 2. The zero-order valence-corrected chi connectivity index (χ0v) is 18.4. The Kier molecular flexibility index (Phi) is 7.37. The number of anilines is 2. The van der Waals surface area contributed by atoms with Crippen LogP contribution in [-0.2, 0) is 4.79 Å². The van der Waals surface area contributed by atoms with E-state index in [0.717, 1.165) is 64.0 Å². The van der Waals surface area contributed by atoms with Gasteiger partial charge in [0.15, 0.2) is 0 Å². The lowest BCUT2D eigenvalue weighted by molar-refractivity contribution is -0.117. The second kappa shape index (κ2) is 10.6. The van der Waals surface area contributed by atoms with Crippen LogP contribution >= 0.6 is 0 Å². The molecule has 0 atom stereocenters. The summed E-state index contributed by atoms with van der Waals surface area (Å²) < 4.78 is 13.2. The van der Waals surface area contributed by atoms with Crippen molar-refractivity contribution in [2.24, 2.45) is 0 Å². The number of nitrogens with zero attached hydrogens (tertiary/aromatic N) is 2. The van der Waals surface area contributed by atoms with Gasteiger partial charge in [-0.25, -0.2) is 4.39 Å². The van der Waals surface area contributed by atoms with Gasteiger partial charge in [-0.2, -0.15) is 0 Å². The first kappa shape index (κ1) is 22.3. The number of amides is 2. The topological polar surface area (TPSA) is 64.7 Å². The maximum absolute atomic E-state index is 13.2. The highest BCUT2D eigenvalue weighted by Gasteiger charge is 2.21. The summed E-state index contributed by atoms with van der Waals surface area (Å²) in [5.74, 6) is -0.488. The van der Waals surface area contributed by atoms with E-state index in [0.29, 0.717) is 11.3 Å². The molecule has 32 heavy (non-hydrogen) atoms. The number of nitrogens with one attached hydrogen (secondary N) is 2. The summed E-state index contributed by atoms with van der Waals surface area (Å²) in [5.41, 5.74) is 2.06. The molecule has 4 rings (SSSR count). The van der Waals surface area contributed by atoms with Crippen LogP contribution in [0.5, 0.6) is 0 Å². The highest BCUT2D eigenvalue weighted by Crippen LogP contribution is 2.21. The van der Waals surface area contributed by atoms with E-state index in [1.807, 2.05) is 12.1 Å². The maximum atomic E-state index is 13.2. The van der Waals surface area contributed by atoms with Crippen molar-refractivity contribution >= 4 is 23.2 Å². The smallest absolute Gasteiger partial charge is 0.253 e. The molecule has 2 amide bonds. The summed E-state index contributed by atoms with van der Waals surface area (Å²) in [5, 5.41) is 6.03. The third-order valence-corrected chi connectivity index (χ3v) is 6.28. The van der Waals surface area contributed by atoms with Crippen LogP contribution < -0.4 is 15.5 Å². The Labute approximate surface area is 188 Å². The van der Waals surface area contributed by atoms with Crippen LogP contribution in [0.1, 0.15) is 42.5 Å². The second-order valence-electron chi connectivity index (χ2n) is 8.64. The molecule has 1 heterocycles. The average Bonchev–Trinajstić information content (AvgIpc) is 3.19. The first-order chi connectivity index (χ1) is 15.6. The molecule has 0 bridgehead atoms. The monoisotopic (exact) mass is 438 g/mol. The quantitative estimate of drug-likeness (QED) is 0.723. The minimum atomic E-state index is -0.237. The Bertz CT molecular complexity index is 928. The molecule has 2 aromatic rings. The van der Waals surface area contributed by atoms with Gasteiger partial charge in [-0.05, 0) is 55.7 Å². The van der Waals surface area contributed by atoms with Crippen LogP contribution in [0.4, 0.5) is 15.8 Å². The predicted octanol–water partition coefficient (Wildman–Crippen LogP) is 3.65. The van der Waals surface area contributed by atoms with E-state index in [1.165, 1.54) is 12.1 Å². The first-order valence-corrected chi connectivity index (χ1v) is 11.5. The first-order valence-electron chi connectivity index (χ1n) is 11.5. The van der Waals surface area contributed by atoms with Crippen molar-refractivity contribution in [1.29, 1.82) is 0 Å². The fourth-order valence-electron chi connectivity index (χ4n) is 4.56. The van der Waals surface area contributed by atoms with Gasteiger partial charge in [-0.15, -0.1) is 0 Å². The molecule has 1 aliphatic carbocycles. The maximum Gasteiger partial charge on any atom is 0.253 e. The number of carbonyl (C=O) groups excluding carboxylic acids is 2. The lowest BCUT2D eigenvalue weighted by atomic mass is 10.1. The molecule has 2 fully saturated rings. The Morgan fingerprint density at radius 3 is 2.44 bits per heavy atom. The third-order valence-electron chi connectivity index (χ3n) is 6.28. The van der Waals surface area contributed by atoms with Crippen LogP contribution in [0.15, 0.2) is 48.5 Å². The lowest BCUT2D eigenvalue weighted by Crippen LogP contribution is -2.37. The predicted molar refractivity (Wildman–Crippen MR) is 124 cm³/mol. The summed E-state index contributed by atoms with van der Waals surface area (Å²) in [4.78, 5) is 29.8. The molecule has 170 valence electrons. The number of hydrogen-bond acceptors (Lipinski definition) is 4. The van der Waals surface area contributed by atoms with E-state index < -0.39 is 0 Å². The molecule has 0 radical (unpaired) electrons. The highest BCUT2D eigenvalue weighted by molar-refractivity contribution is 6.04. The van der Waals surface area contributed by atoms with Crippen LogP contribution in [0, 0.1) is 5.82 Å². The van der Waals surface area contributed by atoms with E-state index in [9.17, 15) is 14.0 Å². The lowest BCUT2D eigenvalue weighted by Gasteiger charge is -2.23. The molecule has 0 unspecified atom stereocenters. The Morgan fingerprint density at radius 1 is 0.906 bits per heavy atom. The summed E-state index contributed by atoms with van der Waals surface area (Å²) in [6, 6.07) is 14.0. The number of carbonyl (C=O) groups is 2. The van der Waals surface area contributed by atoms with Gasteiger partial charge < -0.3 is 15.5 Å². The zero-order valence-electron chi connectivity index (χ0n) is 18.4. The third kappa shape index (κ3) is 5.85. The van der Waals surface area contributed by atoms with Gasteiger partial charge in [-0.3, -0.25) is 14.5 Å². The second-order valence-corrected chi connectivity index (χ2v) is 8.64. The number of rotatable bonds is 6. The van der Waals surface area contributed by atoms with Gasteiger partial charge >= 0.3 is 0 Å². The molecule has 1 aliphatic heterocycles. The van der Waals surface area contributed by atoms with Crippen molar-refractivity contribution in [3.63, 3.8) is 0 Å².